The van der Waals surface area contributed by atoms with E-state index in [9.17, 15) is 13.0 Å². The SMILES string of the molecule is Cl[P+](CC=Cc1ccccc1)(c1ccccc1)c1ccccc1.O=S(=O)([O-])c1ccccc1. The van der Waals surface area contributed by atoms with E-state index in [1.54, 1.807) is 6.07 Å². The molecule has 0 aliphatic heterocycles. The zero-order valence-electron chi connectivity index (χ0n) is 17.9. The fourth-order valence-electron chi connectivity index (χ4n) is 3.17. The molecule has 0 radical (unpaired) electrons. The molecule has 0 amide bonds. The van der Waals surface area contributed by atoms with Gasteiger partial charge in [0.25, 0.3) is 0 Å². The summed E-state index contributed by atoms with van der Waals surface area (Å²) in [6.07, 6.45) is 5.20. The molecule has 0 aromatic heterocycles. The van der Waals surface area contributed by atoms with Gasteiger partial charge in [0.15, 0.2) is 6.62 Å². The molecule has 3 nitrogen and oxygen atoms in total. The molecule has 0 unspecified atom stereocenters. The van der Waals surface area contributed by atoms with E-state index in [4.69, 9.17) is 11.2 Å². The lowest BCUT2D eigenvalue weighted by Crippen LogP contribution is -2.19. The highest BCUT2D eigenvalue weighted by Gasteiger charge is 2.40. The minimum atomic E-state index is -4.25. The standard InChI is InChI=1S/C21H19ClP.C6H6O3S/c22-23(20-14-6-2-7-15-20,21-16-8-3-9-17-21)18-10-13-19-11-4-1-5-12-19;7-10(8,9)6-4-2-1-3-5-6/h1-17H,18H2;1-5H,(H,7,8,9)/q+1;/p-1. The van der Waals surface area contributed by atoms with Crippen LogP contribution in [0.1, 0.15) is 5.56 Å². The van der Waals surface area contributed by atoms with Gasteiger partial charge in [0.05, 0.1) is 16.1 Å². The monoisotopic (exact) mass is 494 g/mol. The van der Waals surface area contributed by atoms with Crippen molar-refractivity contribution in [1.29, 1.82) is 0 Å². The summed E-state index contributed by atoms with van der Waals surface area (Å²) < 4.78 is 30.8. The van der Waals surface area contributed by atoms with Crippen molar-refractivity contribution >= 4 is 44.7 Å². The molecule has 4 rings (SSSR count). The van der Waals surface area contributed by atoms with Crippen LogP contribution in [-0.4, -0.2) is 19.1 Å². The van der Waals surface area contributed by atoms with Gasteiger partial charge < -0.3 is 4.55 Å². The van der Waals surface area contributed by atoms with Crippen LogP contribution < -0.4 is 10.6 Å². The molecule has 0 N–H and O–H groups in total. The number of rotatable bonds is 6. The molecule has 6 heteroatoms. The highest BCUT2D eigenvalue weighted by atomic mass is 35.7. The van der Waals surface area contributed by atoms with E-state index in [0.717, 1.165) is 6.16 Å². The maximum Gasteiger partial charge on any atom is 0.182 e. The molecular formula is C27H24ClO3PS. The van der Waals surface area contributed by atoms with Gasteiger partial charge in [-0.2, -0.15) is 0 Å². The smallest absolute Gasteiger partial charge is 0.182 e. The van der Waals surface area contributed by atoms with Gasteiger partial charge in [-0.25, -0.2) is 8.42 Å². The quantitative estimate of drug-likeness (QED) is 0.240. The second-order valence-corrected chi connectivity index (χ2v) is 13.1. The Morgan fingerprint density at radius 3 is 1.45 bits per heavy atom. The minimum absolute atomic E-state index is 0.185. The summed E-state index contributed by atoms with van der Waals surface area (Å²) in [5, 5.41) is 2.45. The van der Waals surface area contributed by atoms with Crippen LogP contribution in [0.15, 0.2) is 132 Å². The fraction of sp³-hybridized carbons (Fsp3) is 0.0370. The largest absolute Gasteiger partial charge is 0.744 e. The van der Waals surface area contributed by atoms with Gasteiger partial charge in [0.2, 0.25) is 0 Å². The number of hydrogen-bond acceptors (Lipinski definition) is 3. The fourth-order valence-corrected chi connectivity index (χ4v) is 6.98. The molecule has 4 aromatic carbocycles. The molecule has 0 heterocycles. The van der Waals surface area contributed by atoms with E-state index in [1.807, 2.05) is 18.2 Å². The zero-order chi connectivity index (χ0) is 23.6. The Morgan fingerprint density at radius 1 is 0.667 bits per heavy atom. The van der Waals surface area contributed by atoms with Crippen LogP contribution >= 0.6 is 17.9 Å². The Balaban J connectivity index is 0.000000257. The maximum atomic E-state index is 10.3. The van der Waals surface area contributed by atoms with E-state index >= 15 is 0 Å². The summed E-state index contributed by atoms with van der Waals surface area (Å²) in [4.78, 5) is -0.185. The predicted molar refractivity (Wildman–Crippen MR) is 140 cm³/mol. The van der Waals surface area contributed by atoms with Crippen molar-refractivity contribution in [3.05, 3.63) is 133 Å². The van der Waals surface area contributed by atoms with Gasteiger partial charge in [0, 0.05) is 0 Å². The van der Waals surface area contributed by atoms with Crippen molar-refractivity contribution in [2.75, 3.05) is 6.16 Å². The van der Waals surface area contributed by atoms with Crippen LogP contribution in [0.4, 0.5) is 0 Å². The van der Waals surface area contributed by atoms with Crippen LogP contribution in [0.2, 0.25) is 0 Å². The first-order valence-corrected chi connectivity index (χ1v) is 14.6. The molecule has 33 heavy (non-hydrogen) atoms. The zero-order valence-corrected chi connectivity index (χ0v) is 20.3. The Morgan fingerprint density at radius 2 is 1.06 bits per heavy atom. The molecule has 0 aliphatic carbocycles. The van der Waals surface area contributed by atoms with Crippen molar-refractivity contribution in [2.45, 2.75) is 4.90 Å². The highest BCUT2D eigenvalue weighted by Crippen LogP contribution is 2.61. The Hall–Kier alpha value is -2.75. The van der Waals surface area contributed by atoms with Crippen LogP contribution in [-0.2, 0) is 10.1 Å². The summed E-state index contributed by atoms with van der Waals surface area (Å²) in [7, 11) is -4.25. The Labute approximate surface area is 201 Å². The molecule has 168 valence electrons. The van der Waals surface area contributed by atoms with Crippen molar-refractivity contribution in [1.82, 2.24) is 0 Å². The summed E-state index contributed by atoms with van der Waals surface area (Å²) in [5.74, 6) is 0. The first-order chi connectivity index (χ1) is 15.9. The third kappa shape index (κ3) is 7.38. The lowest BCUT2D eigenvalue weighted by molar-refractivity contribution is 0.463. The number of hydrogen-bond donors (Lipinski definition) is 0. The molecule has 0 fully saturated rings. The molecule has 0 spiro atoms. The topological polar surface area (TPSA) is 57.2 Å². The second-order valence-electron chi connectivity index (χ2n) is 7.15. The van der Waals surface area contributed by atoms with Crippen molar-refractivity contribution in [3.8, 4) is 0 Å². The van der Waals surface area contributed by atoms with Gasteiger partial charge in [-0.05, 0) is 48.0 Å². The number of halogens is 1. The first-order valence-electron chi connectivity index (χ1n) is 10.3. The van der Waals surface area contributed by atoms with E-state index in [2.05, 4.69) is 84.9 Å². The van der Waals surface area contributed by atoms with Gasteiger partial charge in [-0.3, -0.25) is 0 Å². The number of benzene rings is 4. The number of allylic oxidation sites excluding steroid dienone is 1. The lowest BCUT2D eigenvalue weighted by Gasteiger charge is -2.17. The summed E-state index contributed by atoms with van der Waals surface area (Å²) in [6, 6.07) is 38.5. The maximum absolute atomic E-state index is 10.3. The Kier molecular flexibility index (Phi) is 8.99. The summed E-state index contributed by atoms with van der Waals surface area (Å²) in [6.45, 7) is -1.93. The molecule has 0 saturated carbocycles. The Bertz CT molecular complexity index is 1210. The van der Waals surface area contributed by atoms with Gasteiger partial charge >= 0.3 is 0 Å². The molecule has 0 atom stereocenters. The van der Waals surface area contributed by atoms with Crippen LogP contribution in [0, 0.1) is 0 Å². The average molecular weight is 495 g/mol. The molecule has 0 aliphatic rings. The van der Waals surface area contributed by atoms with E-state index in [0.29, 0.717) is 0 Å². The van der Waals surface area contributed by atoms with E-state index in [-0.39, 0.29) is 4.90 Å². The van der Waals surface area contributed by atoms with Gasteiger partial charge in [-0.1, -0.05) is 91.0 Å². The van der Waals surface area contributed by atoms with Crippen LogP contribution in [0.25, 0.3) is 6.08 Å². The van der Waals surface area contributed by atoms with E-state index in [1.165, 1.54) is 40.4 Å². The third-order valence-corrected chi connectivity index (χ3v) is 10.2. The average Bonchev–Trinajstić information content (AvgIpc) is 2.86. The molecule has 4 aromatic rings. The van der Waals surface area contributed by atoms with Crippen LogP contribution in [0.3, 0.4) is 0 Å². The second kappa shape index (κ2) is 11.9. The van der Waals surface area contributed by atoms with Crippen molar-refractivity contribution in [2.24, 2.45) is 0 Å². The van der Waals surface area contributed by atoms with Crippen molar-refractivity contribution in [3.63, 3.8) is 0 Å². The van der Waals surface area contributed by atoms with Gasteiger partial charge in [-0.15, -0.1) is 0 Å². The minimum Gasteiger partial charge on any atom is -0.744 e. The van der Waals surface area contributed by atoms with Gasteiger partial charge in [0.1, 0.15) is 26.9 Å². The van der Waals surface area contributed by atoms with Crippen LogP contribution in [0.5, 0.6) is 0 Å². The molecule has 0 bridgehead atoms. The predicted octanol–water partition coefficient (Wildman–Crippen LogP) is 6.11. The molecule has 0 saturated heterocycles. The third-order valence-electron chi connectivity index (χ3n) is 4.83. The summed E-state index contributed by atoms with van der Waals surface area (Å²) >= 11 is 7.22. The van der Waals surface area contributed by atoms with E-state index < -0.39 is 16.7 Å². The normalized spacial score (nSPS) is 11.6. The highest BCUT2D eigenvalue weighted by molar-refractivity contribution is 8.10. The summed E-state index contributed by atoms with van der Waals surface area (Å²) in [5.41, 5.74) is 1.21. The first kappa shape index (κ1) is 24.9. The van der Waals surface area contributed by atoms with Crippen molar-refractivity contribution < 1.29 is 13.0 Å². The lowest BCUT2D eigenvalue weighted by atomic mass is 10.2. The molecular weight excluding hydrogens is 471 g/mol.